The van der Waals surface area contributed by atoms with Crippen LogP contribution in [-0.4, -0.2) is 32.0 Å². The van der Waals surface area contributed by atoms with Gasteiger partial charge in [-0.1, -0.05) is 0 Å². The van der Waals surface area contributed by atoms with Crippen molar-refractivity contribution in [3.05, 3.63) is 8.94 Å². The number of hydrogen-bond acceptors (Lipinski definition) is 0. The zero-order valence-electron chi connectivity index (χ0n) is 4.81. The van der Waals surface area contributed by atoms with Gasteiger partial charge in [-0.15, -0.1) is 0 Å². The molecule has 0 saturated heterocycles. The molecule has 1 rings (SSSR count). The van der Waals surface area contributed by atoms with Crippen LogP contribution in [-0.2, 0) is 0 Å². The Kier molecular flexibility index (Phi) is 2.22. The Labute approximate surface area is 66.7 Å². The van der Waals surface area contributed by atoms with E-state index in [1.165, 1.54) is 21.8 Å². The average Bonchev–Trinajstić information content (AvgIpc) is 1.85. The number of allylic oxidation sites excluding steroid dienone is 2. The van der Waals surface area contributed by atoms with Crippen LogP contribution in [0.4, 0.5) is 0 Å². The molecule has 0 unspecified atom stereocenters. The van der Waals surface area contributed by atoms with Gasteiger partial charge in [-0.25, -0.2) is 0 Å². The third-order valence-electron chi connectivity index (χ3n) is 1.38. The maximum absolute atomic E-state index is 3.07. The van der Waals surface area contributed by atoms with Gasteiger partial charge in [-0.3, -0.25) is 0 Å². The van der Waals surface area contributed by atoms with Crippen LogP contribution in [0.5, 0.6) is 0 Å². The van der Waals surface area contributed by atoms with Crippen LogP contribution in [0.2, 0.25) is 0 Å². The van der Waals surface area contributed by atoms with Crippen molar-refractivity contribution < 1.29 is 0 Å². The van der Waals surface area contributed by atoms with Gasteiger partial charge in [-0.05, 0) is 0 Å². The fourth-order valence-corrected chi connectivity index (χ4v) is 2.48. The van der Waals surface area contributed by atoms with E-state index in [-0.39, 0.29) is 0 Å². The SMILES string of the molecule is CC1CC([Se])=C([Se])C1. The molecule has 0 bridgehead atoms. The van der Waals surface area contributed by atoms with Crippen molar-refractivity contribution in [3.63, 3.8) is 0 Å². The summed E-state index contributed by atoms with van der Waals surface area (Å²) in [6, 6.07) is 0. The predicted octanol–water partition coefficient (Wildman–Crippen LogP) is 0.965. The molecule has 0 aromatic rings. The third-order valence-corrected chi connectivity index (χ3v) is 3.77. The molecule has 2 heteroatoms. The van der Waals surface area contributed by atoms with Gasteiger partial charge in [-0.2, -0.15) is 0 Å². The van der Waals surface area contributed by atoms with Gasteiger partial charge in [0.15, 0.2) is 0 Å². The molecule has 0 saturated carbocycles. The van der Waals surface area contributed by atoms with E-state index in [1.54, 1.807) is 0 Å². The topological polar surface area (TPSA) is 0 Å². The van der Waals surface area contributed by atoms with Gasteiger partial charge in [0.2, 0.25) is 0 Å². The molecule has 44 valence electrons. The molecule has 0 spiro atoms. The molecular formula is C6H8Se2. The quantitative estimate of drug-likeness (QED) is 0.551. The van der Waals surface area contributed by atoms with Gasteiger partial charge in [0, 0.05) is 0 Å². The average molecular weight is 238 g/mol. The standard InChI is InChI=1S/C6H8Se2/c1-4-2-5(7)6(8)3-4/h4H,2-3H2,1H3. The molecule has 0 atom stereocenters. The Morgan fingerprint density at radius 1 is 1.25 bits per heavy atom. The second-order valence-corrected chi connectivity index (χ2v) is 4.43. The first kappa shape index (κ1) is 6.89. The molecule has 2 radical (unpaired) electrons. The van der Waals surface area contributed by atoms with Gasteiger partial charge >= 0.3 is 66.7 Å². The van der Waals surface area contributed by atoms with Crippen molar-refractivity contribution in [3.8, 4) is 0 Å². The molecular weight excluding hydrogens is 230 g/mol. The Morgan fingerprint density at radius 3 is 1.75 bits per heavy atom. The first-order chi connectivity index (χ1) is 3.70. The van der Waals surface area contributed by atoms with Crippen molar-refractivity contribution in [1.82, 2.24) is 0 Å². The maximum atomic E-state index is 3.07. The Balaban J connectivity index is 2.60. The Bertz CT molecular complexity index is 112. The summed E-state index contributed by atoms with van der Waals surface area (Å²) in [4.78, 5) is 0. The Hall–Kier alpha value is 0.779. The van der Waals surface area contributed by atoms with Gasteiger partial charge in [0.25, 0.3) is 0 Å². The van der Waals surface area contributed by atoms with Crippen LogP contribution in [0.3, 0.4) is 0 Å². The first-order valence-electron chi connectivity index (χ1n) is 2.76. The van der Waals surface area contributed by atoms with Crippen molar-refractivity contribution in [2.75, 3.05) is 0 Å². The molecule has 0 aromatic heterocycles. The van der Waals surface area contributed by atoms with Gasteiger partial charge in [0.05, 0.1) is 0 Å². The van der Waals surface area contributed by atoms with Gasteiger partial charge in [0.1, 0.15) is 0 Å². The van der Waals surface area contributed by atoms with Crippen molar-refractivity contribution >= 4 is 32.0 Å². The molecule has 8 heavy (non-hydrogen) atoms. The zero-order chi connectivity index (χ0) is 6.15. The summed E-state index contributed by atoms with van der Waals surface area (Å²) >= 11 is 6.13. The van der Waals surface area contributed by atoms with Gasteiger partial charge < -0.3 is 0 Å². The normalized spacial score (nSPS) is 22.6. The van der Waals surface area contributed by atoms with E-state index >= 15 is 0 Å². The Morgan fingerprint density at radius 2 is 1.62 bits per heavy atom. The summed E-state index contributed by atoms with van der Waals surface area (Å²) < 4.78 is 2.88. The first-order valence-corrected chi connectivity index (χ1v) is 4.47. The molecule has 0 aromatic carbocycles. The summed E-state index contributed by atoms with van der Waals surface area (Å²) in [5.41, 5.74) is 0. The summed E-state index contributed by atoms with van der Waals surface area (Å²) in [5, 5.41) is 0. The summed E-state index contributed by atoms with van der Waals surface area (Å²) in [6.07, 6.45) is 2.50. The third kappa shape index (κ3) is 1.39. The minimum absolute atomic E-state index is 0.863. The second-order valence-electron chi connectivity index (χ2n) is 2.36. The molecule has 1 aliphatic rings. The zero-order valence-corrected chi connectivity index (χ0v) is 8.23. The summed E-state index contributed by atoms with van der Waals surface area (Å²) in [6.45, 7) is 2.28. The van der Waals surface area contributed by atoms with E-state index in [1.807, 2.05) is 0 Å². The van der Waals surface area contributed by atoms with Crippen molar-refractivity contribution in [1.29, 1.82) is 0 Å². The number of rotatable bonds is 0. The van der Waals surface area contributed by atoms with Crippen LogP contribution in [0.15, 0.2) is 8.94 Å². The molecule has 0 nitrogen and oxygen atoms in total. The fraction of sp³-hybridized carbons (Fsp3) is 0.667. The predicted molar refractivity (Wildman–Crippen MR) is 36.9 cm³/mol. The van der Waals surface area contributed by atoms with Crippen LogP contribution >= 0.6 is 0 Å². The van der Waals surface area contributed by atoms with Crippen molar-refractivity contribution in [2.24, 2.45) is 5.92 Å². The monoisotopic (exact) mass is 240 g/mol. The van der Waals surface area contributed by atoms with E-state index < -0.39 is 0 Å². The molecule has 0 amide bonds. The summed E-state index contributed by atoms with van der Waals surface area (Å²) in [5.74, 6) is 0.863. The molecule has 0 N–H and O–H groups in total. The van der Waals surface area contributed by atoms with Crippen LogP contribution in [0, 0.1) is 5.92 Å². The second kappa shape index (κ2) is 2.58. The van der Waals surface area contributed by atoms with E-state index in [9.17, 15) is 0 Å². The fourth-order valence-electron chi connectivity index (χ4n) is 0.933. The van der Waals surface area contributed by atoms with Crippen LogP contribution < -0.4 is 0 Å². The van der Waals surface area contributed by atoms with Crippen LogP contribution in [0.25, 0.3) is 0 Å². The van der Waals surface area contributed by atoms with E-state index in [0.29, 0.717) is 0 Å². The minimum atomic E-state index is 0.863. The van der Waals surface area contributed by atoms with Crippen LogP contribution in [0.1, 0.15) is 19.8 Å². The summed E-state index contributed by atoms with van der Waals surface area (Å²) in [7, 11) is 0. The number of hydrogen-bond donors (Lipinski definition) is 0. The van der Waals surface area contributed by atoms with E-state index in [0.717, 1.165) is 5.92 Å². The molecule has 0 fully saturated rings. The molecule has 0 aliphatic heterocycles. The van der Waals surface area contributed by atoms with Crippen molar-refractivity contribution in [2.45, 2.75) is 19.8 Å². The molecule has 0 heterocycles. The van der Waals surface area contributed by atoms with E-state index in [4.69, 9.17) is 0 Å². The van der Waals surface area contributed by atoms with E-state index in [2.05, 4.69) is 38.9 Å². The molecule has 1 aliphatic carbocycles.